The van der Waals surface area contributed by atoms with Gasteiger partial charge < -0.3 is 10.1 Å². The highest BCUT2D eigenvalue weighted by molar-refractivity contribution is 9.10. The number of ether oxygens (including phenoxy) is 1. The van der Waals surface area contributed by atoms with Crippen molar-refractivity contribution in [1.29, 1.82) is 0 Å². The van der Waals surface area contributed by atoms with Gasteiger partial charge in [0.2, 0.25) is 0 Å². The molecular formula is C13H18BrFN2O. The largest absolute Gasteiger partial charge is 0.374 e. The molecule has 2 rings (SSSR count). The van der Waals surface area contributed by atoms with Crippen LogP contribution in [-0.4, -0.2) is 44.3 Å². The molecule has 0 radical (unpaired) electrons. The number of nitrogens with one attached hydrogen (secondary N) is 1. The molecule has 1 saturated heterocycles. The monoisotopic (exact) mass is 316 g/mol. The summed E-state index contributed by atoms with van der Waals surface area (Å²) in [5.74, 6) is -0.212. The fraction of sp³-hybridized carbons (Fsp3) is 0.538. The second-order valence-electron chi connectivity index (χ2n) is 4.64. The van der Waals surface area contributed by atoms with Crippen molar-refractivity contribution in [1.82, 2.24) is 10.2 Å². The van der Waals surface area contributed by atoms with E-state index in [0.29, 0.717) is 4.47 Å². The number of halogens is 2. The lowest BCUT2D eigenvalue weighted by molar-refractivity contribution is 0.00884. The smallest absolute Gasteiger partial charge is 0.137 e. The number of nitrogens with zero attached hydrogens (tertiary/aromatic N) is 1. The van der Waals surface area contributed by atoms with Gasteiger partial charge in [-0.15, -0.1) is 0 Å². The molecule has 1 aliphatic heterocycles. The Morgan fingerprint density at radius 3 is 3.06 bits per heavy atom. The molecule has 0 aromatic heterocycles. The molecule has 3 nitrogen and oxygen atoms in total. The fourth-order valence-corrected chi connectivity index (χ4v) is 2.35. The molecule has 5 heteroatoms. The second-order valence-corrected chi connectivity index (χ2v) is 5.50. The minimum Gasteiger partial charge on any atom is -0.374 e. The van der Waals surface area contributed by atoms with Gasteiger partial charge in [-0.25, -0.2) is 4.39 Å². The minimum atomic E-state index is -0.212. The molecule has 1 atom stereocenters. The Hall–Kier alpha value is -0.490. The molecule has 0 aliphatic carbocycles. The van der Waals surface area contributed by atoms with Crippen LogP contribution in [0.5, 0.6) is 0 Å². The molecule has 1 aromatic carbocycles. The van der Waals surface area contributed by atoms with Gasteiger partial charge in [0.15, 0.2) is 0 Å². The number of hydrogen-bond acceptors (Lipinski definition) is 3. The van der Waals surface area contributed by atoms with Gasteiger partial charge in [-0.3, -0.25) is 4.90 Å². The van der Waals surface area contributed by atoms with Crippen LogP contribution >= 0.6 is 15.9 Å². The predicted molar refractivity (Wildman–Crippen MR) is 73.0 cm³/mol. The number of likely N-dealkylation sites (N-methyl/N-ethyl adjacent to an activating group) is 1. The fourth-order valence-electron chi connectivity index (χ4n) is 2.10. The molecular weight excluding hydrogens is 299 g/mol. The van der Waals surface area contributed by atoms with Gasteiger partial charge in [-0.2, -0.15) is 0 Å². The van der Waals surface area contributed by atoms with Crippen LogP contribution in [0.15, 0.2) is 22.7 Å². The Kier molecular flexibility index (Phi) is 5.12. The number of benzene rings is 1. The average Bonchev–Trinajstić information content (AvgIpc) is 2.35. The normalized spacial score (nSPS) is 20.3. The Balaban J connectivity index is 1.85. The van der Waals surface area contributed by atoms with E-state index in [9.17, 15) is 4.39 Å². The van der Waals surface area contributed by atoms with Gasteiger partial charge in [0.1, 0.15) is 5.82 Å². The molecule has 1 aromatic rings. The molecule has 0 spiro atoms. The zero-order valence-corrected chi connectivity index (χ0v) is 12.0. The van der Waals surface area contributed by atoms with Crippen molar-refractivity contribution in [2.45, 2.75) is 12.6 Å². The molecule has 0 amide bonds. The lowest BCUT2D eigenvalue weighted by atomic mass is 10.2. The van der Waals surface area contributed by atoms with Crippen LogP contribution in [0.1, 0.15) is 5.56 Å². The average molecular weight is 317 g/mol. The van der Waals surface area contributed by atoms with Crippen molar-refractivity contribution in [3.05, 3.63) is 34.1 Å². The van der Waals surface area contributed by atoms with Gasteiger partial charge in [-0.1, -0.05) is 6.07 Å². The van der Waals surface area contributed by atoms with Gasteiger partial charge in [-0.05, 0) is 40.7 Å². The Labute approximate surface area is 115 Å². The number of rotatable bonds is 4. The standard InChI is InChI=1S/C13H18BrFN2O/c1-17(9-11-7-16-4-5-18-11)8-10-2-3-12(14)13(15)6-10/h2-3,6,11,16H,4-5,7-9H2,1H3. The van der Waals surface area contributed by atoms with E-state index in [4.69, 9.17) is 4.74 Å². The van der Waals surface area contributed by atoms with Crippen molar-refractivity contribution >= 4 is 15.9 Å². The number of hydrogen-bond donors (Lipinski definition) is 1. The zero-order chi connectivity index (χ0) is 13.0. The van der Waals surface area contributed by atoms with Gasteiger partial charge in [0.25, 0.3) is 0 Å². The highest BCUT2D eigenvalue weighted by Gasteiger charge is 2.15. The summed E-state index contributed by atoms with van der Waals surface area (Å²) in [7, 11) is 2.03. The topological polar surface area (TPSA) is 24.5 Å². The molecule has 18 heavy (non-hydrogen) atoms. The van der Waals surface area contributed by atoms with E-state index < -0.39 is 0 Å². The van der Waals surface area contributed by atoms with E-state index in [1.54, 1.807) is 12.1 Å². The molecule has 100 valence electrons. The van der Waals surface area contributed by atoms with Crippen LogP contribution in [0.3, 0.4) is 0 Å². The minimum absolute atomic E-state index is 0.212. The molecule has 0 saturated carbocycles. The van der Waals surface area contributed by atoms with Crippen molar-refractivity contribution < 1.29 is 9.13 Å². The highest BCUT2D eigenvalue weighted by atomic mass is 79.9. The lowest BCUT2D eigenvalue weighted by Crippen LogP contribution is -2.44. The van der Waals surface area contributed by atoms with Crippen molar-refractivity contribution in [2.24, 2.45) is 0 Å². The predicted octanol–water partition coefficient (Wildman–Crippen LogP) is 2.01. The summed E-state index contributed by atoms with van der Waals surface area (Å²) in [4.78, 5) is 2.15. The lowest BCUT2D eigenvalue weighted by Gasteiger charge is -2.28. The first-order valence-corrected chi connectivity index (χ1v) is 6.89. The van der Waals surface area contributed by atoms with Crippen molar-refractivity contribution in [2.75, 3.05) is 33.3 Å². The summed E-state index contributed by atoms with van der Waals surface area (Å²) >= 11 is 3.16. The summed E-state index contributed by atoms with van der Waals surface area (Å²) in [6, 6.07) is 5.25. The van der Waals surface area contributed by atoms with Crippen LogP contribution in [-0.2, 0) is 11.3 Å². The van der Waals surface area contributed by atoms with E-state index in [-0.39, 0.29) is 11.9 Å². The molecule has 0 bridgehead atoms. The Morgan fingerprint density at radius 2 is 2.39 bits per heavy atom. The maximum Gasteiger partial charge on any atom is 0.137 e. The summed E-state index contributed by atoms with van der Waals surface area (Å²) in [6.45, 7) is 4.16. The SMILES string of the molecule is CN(Cc1ccc(Br)c(F)c1)CC1CNCCO1. The highest BCUT2D eigenvalue weighted by Crippen LogP contribution is 2.17. The van der Waals surface area contributed by atoms with E-state index in [0.717, 1.165) is 38.3 Å². The molecule has 1 unspecified atom stereocenters. The quantitative estimate of drug-likeness (QED) is 0.919. The van der Waals surface area contributed by atoms with E-state index >= 15 is 0 Å². The van der Waals surface area contributed by atoms with Crippen molar-refractivity contribution in [3.8, 4) is 0 Å². The van der Waals surface area contributed by atoms with Crippen molar-refractivity contribution in [3.63, 3.8) is 0 Å². The first-order chi connectivity index (χ1) is 8.65. The van der Waals surface area contributed by atoms with Crippen LogP contribution in [0.2, 0.25) is 0 Å². The molecule has 1 aliphatic rings. The first kappa shape index (κ1) is 13.9. The summed E-state index contributed by atoms with van der Waals surface area (Å²) in [5, 5.41) is 3.30. The maximum absolute atomic E-state index is 13.4. The van der Waals surface area contributed by atoms with E-state index in [2.05, 4.69) is 26.1 Å². The summed E-state index contributed by atoms with van der Waals surface area (Å²) in [5.41, 5.74) is 0.974. The Bertz CT molecular complexity index is 397. The van der Waals surface area contributed by atoms with E-state index in [1.807, 2.05) is 13.1 Å². The van der Waals surface area contributed by atoms with Gasteiger partial charge in [0.05, 0.1) is 17.2 Å². The van der Waals surface area contributed by atoms with Crippen LogP contribution in [0, 0.1) is 5.82 Å². The van der Waals surface area contributed by atoms with Crippen LogP contribution in [0.25, 0.3) is 0 Å². The van der Waals surface area contributed by atoms with Gasteiger partial charge >= 0.3 is 0 Å². The molecule has 1 N–H and O–H groups in total. The van der Waals surface area contributed by atoms with Crippen LogP contribution < -0.4 is 5.32 Å². The third-order valence-corrected chi connectivity index (χ3v) is 3.60. The summed E-state index contributed by atoms with van der Waals surface area (Å²) < 4.78 is 19.5. The zero-order valence-electron chi connectivity index (χ0n) is 10.5. The third-order valence-electron chi connectivity index (χ3n) is 2.96. The maximum atomic E-state index is 13.4. The van der Waals surface area contributed by atoms with Gasteiger partial charge in [0, 0.05) is 26.2 Å². The molecule has 1 fully saturated rings. The van der Waals surface area contributed by atoms with E-state index in [1.165, 1.54) is 0 Å². The number of morpholine rings is 1. The molecule has 1 heterocycles. The second kappa shape index (κ2) is 6.61. The third kappa shape index (κ3) is 4.02. The summed E-state index contributed by atoms with van der Waals surface area (Å²) in [6.07, 6.45) is 0.226. The Morgan fingerprint density at radius 1 is 1.56 bits per heavy atom. The van der Waals surface area contributed by atoms with Crippen LogP contribution in [0.4, 0.5) is 4.39 Å². The first-order valence-electron chi connectivity index (χ1n) is 6.10.